The molecule has 0 N–H and O–H groups in total. The van der Waals surface area contributed by atoms with E-state index in [4.69, 9.17) is 4.74 Å². The van der Waals surface area contributed by atoms with Crippen molar-refractivity contribution in [2.75, 3.05) is 0 Å². The van der Waals surface area contributed by atoms with Crippen LogP contribution in [0.2, 0.25) is 0 Å². The molecule has 1 atom stereocenters. The van der Waals surface area contributed by atoms with Crippen molar-refractivity contribution in [2.24, 2.45) is 0 Å². The Labute approximate surface area is 156 Å². The molecule has 6 heteroatoms. The molecule has 0 aliphatic carbocycles. The van der Waals surface area contributed by atoms with Gasteiger partial charge in [0.1, 0.15) is 12.4 Å². The van der Waals surface area contributed by atoms with Gasteiger partial charge in [-0.15, -0.1) is 0 Å². The van der Waals surface area contributed by atoms with Crippen molar-refractivity contribution in [3.63, 3.8) is 0 Å². The molecule has 0 saturated carbocycles. The molecule has 1 saturated heterocycles. The third-order valence-corrected chi connectivity index (χ3v) is 4.57. The normalized spacial score (nSPS) is 16.4. The molecule has 5 nitrogen and oxygen atoms in total. The molecule has 1 aliphatic rings. The lowest BCUT2D eigenvalue weighted by Gasteiger charge is -2.23. The molecule has 1 unspecified atom stereocenters. The summed E-state index contributed by atoms with van der Waals surface area (Å²) in [4.78, 5) is 37.8. The smallest absolute Gasteiger partial charge is 0.306 e. The summed E-state index contributed by atoms with van der Waals surface area (Å²) in [5.74, 6) is -2.05. The summed E-state index contributed by atoms with van der Waals surface area (Å²) in [5.41, 5.74) is 0.752. The number of esters is 1. The molecule has 0 bridgehead atoms. The zero-order chi connectivity index (χ0) is 19.2. The maximum Gasteiger partial charge on any atom is 0.306 e. The van der Waals surface area contributed by atoms with Gasteiger partial charge < -0.3 is 4.74 Å². The Morgan fingerprint density at radius 3 is 2.52 bits per heavy atom. The van der Waals surface area contributed by atoms with E-state index >= 15 is 0 Å². The van der Waals surface area contributed by atoms with Crippen molar-refractivity contribution < 1.29 is 23.5 Å². The first kappa shape index (κ1) is 18.8. The lowest BCUT2D eigenvalue weighted by Crippen LogP contribution is -2.39. The van der Waals surface area contributed by atoms with Crippen LogP contribution in [-0.4, -0.2) is 28.7 Å². The Kier molecular flexibility index (Phi) is 5.96. The summed E-state index contributed by atoms with van der Waals surface area (Å²) < 4.78 is 19.1. The first-order valence-corrected chi connectivity index (χ1v) is 8.86. The Hall–Kier alpha value is -3.02. The minimum atomic E-state index is -0.664. The van der Waals surface area contributed by atoms with E-state index in [0.29, 0.717) is 12.8 Å². The summed E-state index contributed by atoms with van der Waals surface area (Å²) in [6.45, 7) is 0.182. The Balaban J connectivity index is 1.57. The number of carbonyl (C=O) groups excluding carboxylic acids is 3. The van der Waals surface area contributed by atoms with Crippen molar-refractivity contribution in [1.29, 1.82) is 0 Å². The molecule has 140 valence electrons. The average molecular weight is 369 g/mol. The number of ether oxygens (including phenoxy) is 1. The Morgan fingerprint density at radius 2 is 1.78 bits per heavy atom. The van der Waals surface area contributed by atoms with E-state index in [1.165, 1.54) is 18.2 Å². The van der Waals surface area contributed by atoms with Crippen LogP contribution in [0.3, 0.4) is 0 Å². The highest BCUT2D eigenvalue weighted by Crippen LogP contribution is 2.26. The van der Waals surface area contributed by atoms with E-state index in [1.807, 2.05) is 30.3 Å². The lowest BCUT2D eigenvalue weighted by molar-refractivity contribution is -0.145. The fourth-order valence-corrected chi connectivity index (χ4v) is 3.15. The van der Waals surface area contributed by atoms with Crippen LogP contribution in [0.1, 0.15) is 41.6 Å². The van der Waals surface area contributed by atoms with E-state index in [1.54, 1.807) is 6.07 Å². The van der Waals surface area contributed by atoms with Crippen LogP contribution in [0.15, 0.2) is 54.6 Å². The molecule has 3 rings (SSSR count). The third-order valence-electron chi connectivity index (χ3n) is 4.57. The molecule has 2 aromatic carbocycles. The number of hydrogen-bond donors (Lipinski definition) is 0. The number of amides is 2. The number of benzene rings is 2. The van der Waals surface area contributed by atoms with Gasteiger partial charge >= 0.3 is 5.97 Å². The molecule has 0 aromatic heterocycles. The number of halogens is 1. The van der Waals surface area contributed by atoms with E-state index in [0.717, 1.165) is 10.5 Å². The maximum atomic E-state index is 13.9. The van der Waals surface area contributed by atoms with Gasteiger partial charge in [0.2, 0.25) is 5.91 Å². The van der Waals surface area contributed by atoms with Gasteiger partial charge in [0.05, 0.1) is 5.56 Å². The standard InChI is InChI=1S/C21H20FNO4/c22-18-9-5-4-8-17(18)21(26)23-16(10-12-19(23)24)11-13-20(25)27-14-15-6-2-1-3-7-15/h1-9,16H,10-14H2. The highest BCUT2D eigenvalue weighted by molar-refractivity contribution is 6.06. The van der Waals surface area contributed by atoms with Crippen LogP contribution in [0, 0.1) is 5.82 Å². The third kappa shape index (κ3) is 4.58. The molecule has 0 spiro atoms. The SMILES string of the molecule is O=C(CCC1CCC(=O)N1C(=O)c1ccccc1F)OCc1ccccc1. The van der Waals surface area contributed by atoms with Crippen LogP contribution >= 0.6 is 0 Å². The largest absolute Gasteiger partial charge is 0.461 e. The van der Waals surface area contributed by atoms with Gasteiger partial charge in [-0.2, -0.15) is 0 Å². The monoisotopic (exact) mass is 369 g/mol. The zero-order valence-corrected chi connectivity index (χ0v) is 14.8. The van der Waals surface area contributed by atoms with Crippen molar-refractivity contribution in [3.05, 3.63) is 71.5 Å². The van der Waals surface area contributed by atoms with Crippen molar-refractivity contribution in [3.8, 4) is 0 Å². The van der Waals surface area contributed by atoms with Gasteiger partial charge in [0, 0.05) is 18.9 Å². The molecule has 1 heterocycles. The topological polar surface area (TPSA) is 63.7 Å². The molecule has 0 radical (unpaired) electrons. The second kappa shape index (κ2) is 8.58. The number of likely N-dealkylation sites (tertiary alicyclic amines) is 1. The predicted octanol–water partition coefficient (Wildman–Crippen LogP) is 3.48. The van der Waals surface area contributed by atoms with Gasteiger partial charge in [-0.3, -0.25) is 19.3 Å². The van der Waals surface area contributed by atoms with E-state index in [2.05, 4.69) is 0 Å². The highest BCUT2D eigenvalue weighted by atomic mass is 19.1. The van der Waals surface area contributed by atoms with Crippen molar-refractivity contribution in [2.45, 2.75) is 38.3 Å². The quantitative estimate of drug-likeness (QED) is 0.578. The number of nitrogens with zero attached hydrogens (tertiary/aromatic N) is 1. The van der Waals surface area contributed by atoms with Crippen molar-refractivity contribution in [1.82, 2.24) is 4.90 Å². The van der Waals surface area contributed by atoms with Gasteiger partial charge in [0.25, 0.3) is 5.91 Å². The minimum Gasteiger partial charge on any atom is -0.461 e. The van der Waals surface area contributed by atoms with Gasteiger partial charge in [-0.25, -0.2) is 4.39 Å². The van der Waals surface area contributed by atoms with E-state index in [9.17, 15) is 18.8 Å². The molecular formula is C21H20FNO4. The van der Waals surface area contributed by atoms with Crippen molar-refractivity contribution >= 4 is 17.8 Å². The Morgan fingerprint density at radius 1 is 1.07 bits per heavy atom. The summed E-state index contributed by atoms with van der Waals surface area (Å²) >= 11 is 0. The molecule has 2 amide bonds. The average Bonchev–Trinajstić information content (AvgIpc) is 3.06. The fourth-order valence-electron chi connectivity index (χ4n) is 3.15. The maximum absolute atomic E-state index is 13.9. The number of carbonyl (C=O) groups is 3. The summed E-state index contributed by atoms with van der Waals surface area (Å²) in [6.07, 6.45) is 1.07. The van der Waals surface area contributed by atoms with Crippen LogP contribution < -0.4 is 0 Å². The van der Waals surface area contributed by atoms with Crippen LogP contribution in [0.4, 0.5) is 4.39 Å². The van der Waals surface area contributed by atoms with Gasteiger partial charge in [-0.1, -0.05) is 42.5 Å². The number of rotatable bonds is 6. The molecule has 1 aliphatic heterocycles. The van der Waals surface area contributed by atoms with Gasteiger partial charge in [-0.05, 0) is 30.5 Å². The Bertz CT molecular complexity index is 837. The van der Waals surface area contributed by atoms with Crippen LogP contribution in [0.5, 0.6) is 0 Å². The molecule has 1 fully saturated rings. The number of imide groups is 1. The highest BCUT2D eigenvalue weighted by Gasteiger charge is 2.37. The van der Waals surface area contributed by atoms with E-state index < -0.39 is 23.7 Å². The van der Waals surface area contributed by atoms with Crippen LogP contribution in [-0.2, 0) is 20.9 Å². The second-order valence-electron chi connectivity index (χ2n) is 6.43. The molecule has 27 heavy (non-hydrogen) atoms. The summed E-state index contributed by atoms with van der Waals surface area (Å²) in [5, 5.41) is 0. The minimum absolute atomic E-state index is 0.0891. The first-order valence-electron chi connectivity index (χ1n) is 8.86. The molecule has 2 aromatic rings. The summed E-state index contributed by atoms with van der Waals surface area (Å²) in [6, 6.07) is 14.5. The first-order chi connectivity index (χ1) is 13.1. The van der Waals surface area contributed by atoms with Gasteiger partial charge in [0.15, 0.2) is 0 Å². The fraction of sp³-hybridized carbons (Fsp3) is 0.286. The lowest BCUT2D eigenvalue weighted by atomic mass is 10.1. The summed E-state index contributed by atoms with van der Waals surface area (Å²) in [7, 11) is 0. The van der Waals surface area contributed by atoms with E-state index in [-0.39, 0.29) is 30.9 Å². The predicted molar refractivity (Wildman–Crippen MR) is 96.1 cm³/mol. The number of hydrogen-bond acceptors (Lipinski definition) is 4. The zero-order valence-electron chi connectivity index (χ0n) is 14.8. The molecular weight excluding hydrogens is 349 g/mol. The second-order valence-corrected chi connectivity index (χ2v) is 6.43. The van der Waals surface area contributed by atoms with Crippen LogP contribution in [0.25, 0.3) is 0 Å².